The summed E-state index contributed by atoms with van der Waals surface area (Å²) in [7, 11) is 3.37. The second-order valence-corrected chi connectivity index (χ2v) is 8.78. The summed E-state index contributed by atoms with van der Waals surface area (Å²) in [5.74, 6) is 5.95. The van der Waals surface area contributed by atoms with E-state index in [0.717, 1.165) is 19.3 Å². The molecule has 0 radical (unpaired) electrons. The second-order valence-electron chi connectivity index (χ2n) is 8.78. The number of likely N-dealkylation sites (N-methyl/N-ethyl adjacent to an activating group) is 1. The Morgan fingerprint density at radius 3 is 2.84 bits per heavy atom. The van der Waals surface area contributed by atoms with Gasteiger partial charge in [0.1, 0.15) is 18.3 Å². The van der Waals surface area contributed by atoms with Gasteiger partial charge in [0.15, 0.2) is 0 Å². The molecule has 174 valence electrons. The van der Waals surface area contributed by atoms with Gasteiger partial charge in [-0.1, -0.05) is 25.2 Å². The van der Waals surface area contributed by atoms with E-state index >= 15 is 0 Å². The topological polar surface area (TPSA) is 92.2 Å². The van der Waals surface area contributed by atoms with Gasteiger partial charge in [0.2, 0.25) is 11.8 Å². The number of hydrogen-bond acceptors (Lipinski definition) is 6. The van der Waals surface area contributed by atoms with Crippen LogP contribution in [-0.2, 0) is 9.53 Å². The molecule has 0 aromatic carbocycles. The third-order valence-corrected chi connectivity index (χ3v) is 6.25. The van der Waals surface area contributed by atoms with E-state index in [1.54, 1.807) is 36.2 Å². The maximum absolute atomic E-state index is 13.3. The van der Waals surface area contributed by atoms with Gasteiger partial charge in [0.05, 0.1) is 19.2 Å². The van der Waals surface area contributed by atoms with E-state index in [1.165, 1.54) is 0 Å². The highest BCUT2D eigenvalue weighted by Crippen LogP contribution is 2.30. The number of fused-ring (bicyclic) bond motifs is 1. The molecule has 2 heterocycles. The second kappa shape index (κ2) is 10.8. The van der Waals surface area contributed by atoms with E-state index in [1.807, 2.05) is 13.8 Å². The van der Waals surface area contributed by atoms with Crippen molar-refractivity contribution in [3.05, 3.63) is 23.4 Å². The van der Waals surface area contributed by atoms with Crippen LogP contribution in [0.2, 0.25) is 0 Å². The minimum atomic E-state index is -0.367. The van der Waals surface area contributed by atoms with Gasteiger partial charge in [0, 0.05) is 44.3 Å². The molecule has 3 atom stereocenters. The van der Waals surface area contributed by atoms with Crippen LogP contribution in [0.5, 0.6) is 5.88 Å². The molecule has 2 amide bonds. The zero-order valence-electron chi connectivity index (χ0n) is 19.3. The largest absolute Gasteiger partial charge is 0.472 e. The number of carbonyl (C=O) groups is 2. The minimum Gasteiger partial charge on any atom is -0.472 e. The minimum absolute atomic E-state index is 0.0688. The van der Waals surface area contributed by atoms with Crippen molar-refractivity contribution < 1.29 is 24.2 Å². The third kappa shape index (κ3) is 5.40. The number of aliphatic hydroxyl groups is 1. The summed E-state index contributed by atoms with van der Waals surface area (Å²) in [5, 5.41) is 9.75. The summed E-state index contributed by atoms with van der Waals surface area (Å²) >= 11 is 0. The van der Waals surface area contributed by atoms with Crippen LogP contribution in [0.3, 0.4) is 0 Å². The lowest BCUT2D eigenvalue weighted by molar-refractivity contribution is -0.138. The highest BCUT2D eigenvalue weighted by Gasteiger charge is 2.36. The van der Waals surface area contributed by atoms with Gasteiger partial charge >= 0.3 is 0 Å². The van der Waals surface area contributed by atoms with Crippen LogP contribution >= 0.6 is 0 Å². The van der Waals surface area contributed by atoms with Gasteiger partial charge in [0.25, 0.3) is 5.91 Å². The maximum Gasteiger partial charge on any atom is 0.259 e. The first kappa shape index (κ1) is 24.0. The predicted octanol–water partition coefficient (Wildman–Crippen LogP) is 1.56. The van der Waals surface area contributed by atoms with Crippen LogP contribution < -0.4 is 4.74 Å². The Hall–Kier alpha value is -2.63. The molecule has 3 rings (SSSR count). The molecule has 0 saturated heterocycles. The number of rotatable bonds is 6. The van der Waals surface area contributed by atoms with Crippen molar-refractivity contribution in [3.8, 4) is 17.7 Å². The number of amides is 2. The Kier molecular flexibility index (Phi) is 8.10. The number of hydrogen-bond donors (Lipinski definition) is 1. The number of aliphatic hydroxyl groups excluding tert-OH is 1. The summed E-state index contributed by atoms with van der Waals surface area (Å²) in [4.78, 5) is 33.8. The van der Waals surface area contributed by atoms with Crippen molar-refractivity contribution >= 4 is 11.8 Å². The number of carbonyl (C=O) groups excluding carboxylic acids is 2. The van der Waals surface area contributed by atoms with Crippen molar-refractivity contribution in [1.29, 1.82) is 0 Å². The van der Waals surface area contributed by atoms with Crippen LogP contribution in [0.4, 0.5) is 0 Å². The lowest BCUT2D eigenvalue weighted by Crippen LogP contribution is -2.51. The number of nitrogens with zero attached hydrogens (tertiary/aromatic N) is 3. The molecule has 8 nitrogen and oxygen atoms in total. The highest BCUT2D eigenvalue weighted by molar-refractivity contribution is 5.97. The van der Waals surface area contributed by atoms with Crippen LogP contribution in [-0.4, -0.2) is 84.3 Å². The van der Waals surface area contributed by atoms with Crippen LogP contribution in [0.25, 0.3) is 0 Å². The summed E-state index contributed by atoms with van der Waals surface area (Å²) in [6, 6.07) is 1.30. The molecular weight excluding hydrogens is 410 g/mol. The highest BCUT2D eigenvalue weighted by atomic mass is 16.5. The van der Waals surface area contributed by atoms with Gasteiger partial charge in [-0.25, -0.2) is 4.98 Å². The van der Waals surface area contributed by atoms with Gasteiger partial charge in [-0.05, 0) is 25.8 Å². The molecule has 0 spiro atoms. The SMILES string of the molecule is COCC#Cc1cnc2c(c1)C(=O)N([C@H](C)CO)C[C@@H](C)[C@@H](CN(C)C(=O)C1CCC1)O2. The van der Waals surface area contributed by atoms with Crippen LogP contribution in [0, 0.1) is 23.7 Å². The Balaban J connectivity index is 1.91. The molecular formula is C24H33N3O5. The van der Waals surface area contributed by atoms with E-state index in [-0.39, 0.29) is 54.9 Å². The first-order valence-corrected chi connectivity index (χ1v) is 11.2. The molecule has 2 aliphatic rings. The van der Waals surface area contributed by atoms with E-state index in [9.17, 15) is 14.7 Å². The Morgan fingerprint density at radius 2 is 2.22 bits per heavy atom. The van der Waals surface area contributed by atoms with Crippen molar-refractivity contribution in [2.24, 2.45) is 11.8 Å². The standard InChI is InChI=1S/C24H33N3O5/c1-16-13-27(17(2)15-28)24(30)20-11-18(7-6-10-31-4)12-25-22(20)32-21(16)14-26(3)23(29)19-8-5-9-19/h11-12,16-17,19,21,28H,5,8-10,13-15H2,1-4H3/t16-,17-,21-/m1/s1. The third-order valence-electron chi connectivity index (χ3n) is 6.25. The fourth-order valence-electron chi connectivity index (χ4n) is 3.93. The zero-order valence-corrected chi connectivity index (χ0v) is 19.3. The van der Waals surface area contributed by atoms with Gasteiger partial charge in [-0.15, -0.1) is 0 Å². The fraction of sp³-hybridized carbons (Fsp3) is 0.625. The molecule has 1 N–H and O–H groups in total. The van der Waals surface area contributed by atoms with E-state index in [4.69, 9.17) is 9.47 Å². The summed E-state index contributed by atoms with van der Waals surface area (Å²) in [5.41, 5.74) is 0.885. The maximum atomic E-state index is 13.3. The molecule has 1 saturated carbocycles. The summed E-state index contributed by atoms with van der Waals surface area (Å²) in [6.45, 7) is 4.73. The van der Waals surface area contributed by atoms with Crippen molar-refractivity contribution in [2.75, 3.05) is 40.5 Å². The van der Waals surface area contributed by atoms with Crippen LogP contribution in [0.1, 0.15) is 49.0 Å². The summed E-state index contributed by atoms with van der Waals surface area (Å²) in [6.07, 6.45) is 4.21. The smallest absolute Gasteiger partial charge is 0.259 e. The first-order valence-electron chi connectivity index (χ1n) is 11.2. The average molecular weight is 444 g/mol. The molecule has 0 unspecified atom stereocenters. The molecule has 0 bridgehead atoms. The quantitative estimate of drug-likeness (QED) is 0.671. The lowest BCUT2D eigenvalue weighted by atomic mass is 9.84. The van der Waals surface area contributed by atoms with Crippen molar-refractivity contribution in [3.63, 3.8) is 0 Å². The number of ether oxygens (including phenoxy) is 2. The van der Waals surface area contributed by atoms with E-state index in [2.05, 4.69) is 16.8 Å². The Morgan fingerprint density at radius 1 is 1.47 bits per heavy atom. The van der Waals surface area contributed by atoms with E-state index < -0.39 is 0 Å². The molecule has 1 fully saturated rings. The van der Waals surface area contributed by atoms with Gasteiger partial charge in [-0.3, -0.25) is 9.59 Å². The molecule has 1 aliphatic heterocycles. The molecule has 8 heteroatoms. The molecule has 1 aromatic heterocycles. The zero-order chi connectivity index (χ0) is 23.3. The average Bonchev–Trinajstić information content (AvgIpc) is 2.74. The normalized spacial score (nSPS) is 21.8. The summed E-state index contributed by atoms with van der Waals surface area (Å²) < 4.78 is 11.2. The van der Waals surface area contributed by atoms with E-state index in [0.29, 0.717) is 24.2 Å². The number of pyridine rings is 1. The molecule has 32 heavy (non-hydrogen) atoms. The Labute approximate surface area is 189 Å². The monoisotopic (exact) mass is 443 g/mol. The molecule has 1 aliphatic carbocycles. The van der Waals surface area contributed by atoms with Crippen molar-refractivity contribution in [1.82, 2.24) is 14.8 Å². The van der Waals surface area contributed by atoms with Gasteiger partial charge < -0.3 is 24.4 Å². The lowest BCUT2D eigenvalue weighted by Gasteiger charge is -2.38. The number of aromatic nitrogens is 1. The van der Waals surface area contributed by atoms with Gasteiger partial charge in [-0.2, -0.15) is 0 Å². The van der Waals surface area contributed by atoms with Crippen LogP contribution in [0.15, 0.2) is 12.3 Å². The Bertz CT molecular complexity index is 889. The fourth-order valence-corrected chi connectivity index (χ4v) is 3.93. The first-order chi connectivity index (χ1) is 15.3. The number of methoxy groups -OCH3 is 1. The van der Waals surface area contributed by atoms with Crippen molar-refractivity contribution in [2.45, 2.75) is 45.3 Å². The molecule has 1 aromatic rings. The predicted molar refractivity (Wildman–Crippen MR) is 119 cm³/mol.